The molecule has 2 fully saturated rings. The van der Waals surface area contributed by atoms with Crippen molar-refractivity contribution in [1.29, 1.82) is 0 Å². The van der Waals surface area contributed by atoms with Crippen molar-refractivity contribution >= 4 is 5.91 Å². The van der Waals surface area contributed by atoms with Gasteiger partial charge >= 0.3 is 0 Å². The number of nitrogens with one attached hydrogen (secondary N) is 1. The summed E-state index contributed by atoms with van der Waals surface area (Å²) in [5, 5.41) is 3.28. The van der Waals surface area contributed by atoms with E-state index >= 15 is 0 Å². The smallest absolute Gasteiger partial charge is 0.223 e. The lowest BCUT2D eigenvalue weighted by Crippen LogP contribution is -2.45. The first-order chi connectivity index (χ1) is 14.2. The van der Waals surface area contributed by atoms with Crippen LogP contribution in [0.4, 0.5) is 0 Å². The first-order valence-electron chi connectivity index (χ1n) is 11.4. The second kappa shape index (κ2) is 11.6. The van der Waals surface area contributed by atoms with Crippen molar-refractivity contribution in [2.24, 2.45) is 11.8 Å². The lowest BCUT2D eigenvalue weighted by molar-refractivity contribution is -0.126. The lowest BCUT2D eigenvalue weighted by atomic mass is 9.79. The minimum absolute atomic E-state index is 0.176. The Balaban J connectivity index is 1.55. The van der Waals surface area contributed by atoms with Crippen LogP contribution in [-0.2, 0) is 9.53 Å². The Morgan fingerprint density at radius 1 is 1.17 bits per heavy atom. The van der Waals surface area contributed by atoms with Gasteiger partial charge in [-0.25, -0.2) is 0 Å². The van der Waals surface area contributed by atoms with Crippen LogP contribution in [0, 0.1) is 11.8 Å². The highest BCUT2D eigenvalue weighted by Gasteiger charge is 2.28. The van der Waals surface area contributed by atoms with E-state index in [-0.39, 0.29) is 17.9 Å². The molecule has 1 aromatic carbocycles. The fraction of sp³-hybridized carbons (Fsp3) is 0.708. The highest BCUT2D eigenvalue weighted by atomic mass is 16.5. The van der Waals surface area contributed by atoms with Crippen molar-refractivity contribution in [3.8, 4) is 5.75 Å². The van der Waals surface area contributed by atoms with Crippen molar-refractivity contribution in [3.05, 3.63) is 29.8 Å². The van der Waals surface area contributed by atoms with E-state index in [2.05, 4.69) is 29.3 Å². The molecular formula is C24H38N2O3. The van der Waals surface area contributed by atoms with E-state index in [9.17, 15) is 4.79 Å². The van der Waals surface area contributed by atoms with E-state index in [0.717, 1.165) is 50.8 Å². The summed E-state index contributed by atoms with van der Waals surface area (Å²) >= 11 is 0. The molecule has 1 unspecified atom stereocenters. The molecule has 0 spiro atoms. The zero-order valence-electron chi connectivity index (χ0n) is 18.2. The van der Waals surface area contributed by atoms with E-state index in [1.807, 2.05) is 12.1 Å². The molecule has 1 aliphatic carbocycles. The molecule has 0 aromatic heterocycles. The third-order valence-corrected chi connectivity index (χ3v) is 6.64. The van der Waals surface area contributed by atoms with Crippen molar-refractivity contribution in [1.82, 2.24) is 10.2 Å². The molecule has 1 aromatic rings. The topological polar surface area (TPSA) is 50.8 Å². The number of rotatable bonds is 9. The molecule has 3 rings (SSSR count). The first kappa shape index (κ1) is 22.1. The summed E-state index contributed by atoms with van der Waals surface area (Å²) in [5.74, 6) is 2.12. The molecule has 1 amide bonds. The predicted octanol–water partition coefficient (Wildman–Crippen LogP) is 4.18. The Morgan fingerprint density at radius 2 is 1.86 bits per heavy atom. The average molecular weight is 403 g/mol. The summed E-state index contributed by atoms with van der Waals surface area (Å²) in [6, 6.07) is 8.41. The maximum Gasteiger partial charge on any atom is 0.223 e. The maximum absolute atomic E-state index is 12.9. The molecular weight excluding hydrogens is 364 g/mol. The lowest BCUT2D eigenvalue weighted by Gasteiger charge is -2.35. The van der Waals surface area contributed by atoms with Gasteiger partial charge in [0.2, 0.25) is 5.91 Å². The van der Waals surface area contributed by atoms with Crippen LogP contribution in [0.25, 0.3) is 0 Å². The van der Waals surface area contributed by atoms with Crippen LogP contribution in [0.3, 0.4) is 0 Å². The molecule has 162 valence electrons. The van der Waals surface area contributed by atoms with Gasteiger partial charge in [0.25, 0.3) is 0 Å². The minimum Gasteiger partial charge on any atom is -0.497 e. The van der Waals surface area contributed by atoms with Crippen molar-refractivity contribution in [2.45, 2.75) is 57.9 Å². The Kier molecular flexibility index (Phi) is 8.81. The Labute approximate surface area is 176 Å². The number of methoxy groups -OCH3 is 1. The van der Waals surface area contributed by atoms with Crippen LogP contribution in [0.5, 0.6) is 5.75 Å². The summed E-state index contributed by atoms with van der Waals surface area (Å²) in [7, 11) is 1.69. The molecule has 1 saturated heterocycles. The molecule has 0 radical (unpaired) electrons. The van der Waals surface area contributed by atoms with Gasteiger partial charge in [-0.2, -0.15) is 0 Å². The molecule has 5 nitrogen and oxygen atoms in total. The number of ether oxygens (including phenoxy) is 2. The normalized spacial score (nSPS) is 24.1. The van der Waals surface area contributed by atoms with Gasteiger partial charge in [0.1, 0.15) is 5.75 Å². The number of hydrogen-bond acceptors (Lipinski definition) is 4. The number of nitrogens with zero attached hydrogens (tertiary/aromatic N) is 1. The van der Waals surface area contributed by atoms with Crippen molar-refractivity contribution < 1.29 is 14.3 Å². The number of amides is 1. The quantitative estimate of drug-likeness (QED) is 0.673. The van der Waals surface area contributed by atoms with E-state index in [4.69, 9.17) is 9.47 Å². The number of hydrogen-bond donors (Lipinski definition) is 1. The van der Waals surface area contributed by atoms with Crippen LogP contribution in [-0.4, -0.2) is 50.8 Å². The molecule has 1 N–H and O–H groups in total. The summed E-state index contributed by atoms with van der Waals surface area (Å²) in [6.07, 6.45) is 8.45. The second-order valence-corrected chi connectivity index (χ2v) is 8.54. The summed E-state index contributed by atoms with van der Waals surface area (Å²) in [5.41, 5.74) is 1.22. The molecule has 2 aliphatic rings. The van der Waals surface area contributed by atoms with Gasteiger partial charge in [-0.05, 0) is 49.3 Å². The number of benzene rings is 1. The van der Waals surface area contributed by atoms with Crippen molar-refractivity contribution in [2.75, 3.05) is 40.0 Å². The summed E-state index contributed by atoms with van der Waals surface area (Å²) in [6.45, 7) is 6.21. The van der Waals surface area contributed by atoms with Gasteiger partial charge in [0.05, 0.1) is 26.4 Å². The van der Waals surface area contributed by atoms with E-state index in [1.54, 1.807) is 7.11 Å². The molecule has 0 bridgehead atoms. The Morgan fingerprint density at radius 3 is 2.48 bits per heavy atom. The van der Waals surface area contributed by atoms with Gasteiger partial charge in [-0.15, -0.1) is 0 Å². The van der Waals surface area contributed by atoms with Crippen LogP contribution >= 0.6 is 0 Å². The van der Waals surface area contributed by atoms with E-state index in [1.165, 1.54) is 37.7 Å². The third kappa shape index (κ3) is 6.45. The highest BCUT2D eigenvalue weighted by molar-refractivity contribution is 5.78. The summed E-state index contributed by atoms with van der Waals surface area (Å²) < 4.78 is 10.8. The van der Waals surface area contributed by atoms with Crippen LogP contribution in [0.15, 0.2) is 24.3 Å². The second-order valence-electron chi connectivity index (χ2n) is 8.54. The monoisotopic (exact) mass is 402 g/mol. The number of unbranched alkanes of at least 4 members (excludes halogenated alkanes) is 1. The SMILES string of the molecule is CCCCC1CCC(C(=O)NCC(c2ccc(OC)cc2)N2CCOCC2)CC1. The van der Waals surface area contributed by atoms with E-state index < -0.39 is 0 Å². The summed E-state index contributed by atoms with van der Waals surface area (Å²) in [4.78, 5) is 15.3. The number of carbonyl (C=O) groups excluding carboxylic acids is 1. The molecule has 5 heteroatoms. The fourth-order valence-corrected chi connectivity index (χ4v) is 4.72. The van der Waals surface area contributed by atoms with Crippen LogP contribution in [0.1, 0.15) is 63.5 Å². The maximum atomic E-state index is 12.9. The Bertz CT molecular complexity index is 605. The average Bonchev–Trinajstić information content (AvgIpc) is 2.79. The molecule has 29 heavy (non-hydrogen) atoms. The largest absolute Gasteiger partial charge is 0.497 e. The third-order valence-electron chi connectivity index (χ3n) is 6.64. The molecule has 1 heterocycles. The molecule has 1 atom stereocenters. The highest BCUT2D eigenvalue weighted by Crippen LogP contribution is 2.32. The first-order valence-corrected chi connectivity index (χ1v) is 11.4. The minimum atomic E-state index is 0.176. The number of carbonyl (C=O) groups is 1. The van der Waals surface area contributed by atoms with Gasteiger partial charge in [0, 0.05) is 25.6 Å². The van der Waals surface area contributed by atoms with Gasteiger partial charge < -0.3 is 14.8 Å². The van der Waals surface area contributed by atoms with Crippen LogP contribution in [0.2, 0.25) is 0 Å². The van der Waals surface area contributed by atoms with Gasteiger partial charge in [0.15, 0.2) is 0 Å². The molecule has 1 saturated carbocycles. The van der Waals surface area contributed by atoms with Gasteiger partial charge in [-0.3, -0.25) is 9.69 Å². The van der Waals surface area contributed by atoms with Crippen LogP contribution < -0.4 is 10.1 Å². The molecule has 1 aliphatic heterocycles. The van der Waals surface area contributed by atoms with Gasteiger partial charge in [-0.1, -0.05) is 38.3 Å². The standard InChI is InChI=1S/C24H38N2O3/c1-3-4-5-19-6-8-21(9-7-19)24(27)25-18-23(26-14-16-29-17-15-26)20-10-12-22(28-2)13-11-20/h10-13,19,21,23H,3-9,14-18H2,1-2H3,(H,25,27). The number of morpholine rings is 1. The fourth-order valence-electron chi connectivity index (χ4n) is 4.72. The predicted molar refractivity (Wildman–Crippen MR) is 116 cm³/mol. The zero-order valence-corrected chi connectivity index (χ0v) is 18.2. The Hall–Kier alpha value is -1.59. The zero-order chi connectivity index (χ0) is 20.5. The van der Waals surface area contributed by atoms with Crippen molar-refractivity contribution in [3.63, 3.8) is 0 Å². The van der Waals surface area contributed by atoms with E-state index in [0.29, 0.717) is 6.54 Å².